The van der Waals surface area contributed by atoms with E-state index in [4.69, 9.17) is 19.9 Å². The Morgan fingerprint density at radius 2 is 0.646 bits per heavy atom. The highest BCUT2D eigenvalue weighted by atomic mass is 15.0. The van der Waals surface area contributed by atoms with Gasteiger partial charge in [-0.25, -0.2) is 19.9 Å². The average molecular weight is 1050 g/mol. The Morgan fingerprint density at radius 3 is 1.12 bits per heavy atom. The van der Waals surface area contributed by atoms with Crippen molar-refractivity contribution in [2.75, 3.05) is 0 Å². The van der Waals surface area contributed by atoms with Gasteiger partial charge in [0, 0.05) is 91.5 Å². The largest absolute Gasteiger partial charge is 0.308 e. The number of hydrogen-bond donors (Lipinski definition) is 0. The van der Waals surface area contributed by atoms with E-state index in [1.54, 1.807) is 0 Å². The van der Waals surface area contributed by atoms with Crippen LogP contribution in [0.5, 0.6) is 0 Å². The van der Waals surface area contributed by atoms with Crippen molar-refractivity contribution in [2.24, 2.45) is 0 Å². The summed E-state index contributed by atoms with van der Waals surface area (Å²) in [5.74, 6) is 1.33. The van der Waals surface area contributed by atoms with Gasteiger partial charge in [0.05, 0.1) is 56.2 Å². The monoisotopic (exact) mass is 1050 g/mol. The Hall–Kier alpha value is -11.0. The maximum absolute atomic E-state index is 5.52. The second kappa shape index (κ2) is 18.3. The van der Waals surface area contributed by atoms with Gasteiger partial charge in [-0.3, -0.25) is 9.97 Å². The molecule has 0 aliphatic heterocycles. The molecule has 0 saturated carbocycles. The first-order valence-electron chi connectivity index (χ1n) is 27.8. The number of pyridine rings is 2. The summed E-state index contributed by atoms with van der Waals surface area (Å²) in [4.78, 5) is 30.9. The topological polar surface area (TPSA) is 87.2 Å². The first-order valence-corrected chi connectivity index (χ1v) is 27.8. The van der Waals surface area contributed by atoms with Crippen molar-refractivity contribution in [1.82, 2.24) is 39.0 Å². The van der Waals surface area contributed by atoms with Crippen molar-refractivity contribution in [3.05, 3.63) is 301 Å². The molecule has 0 N–H and O–H groups in total. The molecule has 2 bridgehead atoms. The molecule has 15 aromatic rings. The van der Waals surface area contributed by atoms with Crippen LogP contribution in [0.1, 0.15) is 45.2 Å². The first kappa shape index (κ1) is 46.0. The summed E-state index contributed by atoms with van der Waals surface area (Å²) in [6.07, 6.45) is 7.68. The van der Waals surface area contributed by atoms with Crippen molar-refractivity contribution in [3.8, 4) is 79.2 Å². The highest BCUT2D eigenvalue weighted by Gasteiger charge is 2.42. The zero-order valence-electron chi connectivity index (χ0n) is 44.1. The molecule has 8 heteroatoms. The molecule has 0 saturated heterocycles. The molecule has 0 radical (unpaired) electrons. The Labute approximate surface area is 472 Å². The Kier molecular flexibility index (Phi) is 10.3. The van der Waals surface area contributed by atoms with Gasteiger partial charge in [0.1, 0.15) is 0 Å². The summed E-state index contributed by atoms with van der Waals surface area (Å²) in [7, 11) is 0. The minimum absolute atomic E-state index is 0.0112. The fraction of sp³-hybridized carbons (Fsp3) is 0.0270. The van der Waals surface area contributed by atoms with Crippen LogP contribution in [0.3, 0.4) is 0 Å². The molecule has 0 spiro atoms. The zero-order chi connectivity index (χ0) is 53.8. The Bertz CT molecular complexity index is 4650. The molecule has 18 rings (SSSR count). The highest BCUT2D eigenvalue weighted by molar-refractivity contribution is 6.10. The lowest BCUT2D eigenvalue weighted by molar-refractivity contribution is 0.754. The van der Waals surface area contributed by atoms with Crippen LogP contribution in [0.15, 0.2) is 267 Å². The third-order valence-corrected chi connectivity index (χ3v) is 16.9. The summed E-state index contributed by atoms with van der Waals surface area (Å²) < 4.78 is 4.69. The molecule has 9 aromatic carbocycles. The van der Waals surface area contributed by atoms with Crippen molar-refractivity contribution in [1.29, 1.82) is 0 Å². The van der Waals surface area contributed by atoms with Gasteiger partial charge in [0.2, 0.25) is 0 Å². The molecule has 82 heavy (non-hydrogen) atoms. The van der Waals surface area contributed by atoms with Gasteiger partial charge in [-0.2, -0.15) is 0 Å². The summed E-state index contributed by atoms with van der Waals surface area (Å²) in [6, 6.07) is 86.5. The summed E-state index contributed by atoms with van der Waals surface area (Å²) in [6.45, 7) is 0. The van der Waals surface area contributed by atoms with Crippen LogP contribution < -0.4 is 0 Å². The van der Waals surface area contributed by atoms with E-state index in [1.165, 1.54) is 33.4 Å². The van der Waals surface area contributed by atoms with Gasteiger partial charge in [-0.15, -0.1) is 0 Å². The van der Waals surface area contributed by atoms with E-state index in [1.807, 2.05) is 24.8 Å². The van der Waals surface area contributed by atoms with Crippen LogP contribution in [0.4, 0.5) is 0 Å². The normalized spacial score (nSPS) is 14.1. The molecular weight excluding hydrogens is 1000 g/mol. The standard InChI is InChI=1S/C74H46N8/c1-3-17-45(18-4-1)61-41-63(55-25-11-15-29-67(55)81-65-27-13-9-21-49(65)59-43-75-37-35-69(59)81)79-73(77-61)47-31-33-53-57(39-47)71-51-23-7-8-24-52(51)72(53)58-40-48(32-34-54(58)71)74-78-62(46-19-5-2-6-20-46)42-64(80-74)56-26-12-16-30-68(56)82-66-28-14-10-22-50(66)60-44-76-38-36-70(60)82/h1-44,71-72H. The third-order valence-electron chi connectivity index (χ3n) is 16.9. The van der Waals surface area contributed by atoms with Crippen LogP contribution in [0.2, 0.25) is 0 Å². The lowest BCUT2D eigenvalue weighted by Gasteiger charge is -2.42. The smallest absolute Gasteiger partial charge is 0.160 e. The summed E-state index contributed by atoms with van der Waals surface area (Å²) in [5, 5.41) is 4.53. The molecule has 2 unspecified atom stereocenters. The molecule has 2 atom stereocenters. The molecule has 8 nitrogen and oxygen atoms in total. The lowest BCUT2D eigenvalue weighted by Crippen LogP contribution is -2.27. The molecule has 3 aliphatic carbocycles. The quantitative estimate of drug-likeness (QED) is 0.151. The van der Waals surface area contributed by atoms with Gasteiger partial charge in [-0.1, -0.05) is 182 Å². The van der Waals surface area contributed by atoms with Crippen LogP contribution in [0, 0.1) is 0 Å². The third kappa shape index (κ3) is 7.11. The van der Waals surface area contributed by atoms with E-state index in [9.17, 15) is 0 Å². The van der Waals surface area contributed by atoms with Crippen LogP contribution in [-0.4, -0.2) is 39.0 Å². The number of hydrogen-bond acceptors (Lipinski definition) is 6. The number of benzene rings is 9. The van der Waals surface area contributed by atoms with E-state index in [0.29, 0.717) is 11.6 Å². The molecule has 6 aromatic heterocycles. The van der Waals surface area contributed by atoms with Gasteiger partial charge in [0.15, 0.2) is 11.6 Å². The highest BCUT2D eigenvalue weighted by Crippen LogP contribution is 2.57. The predicted molar refractivity (Wildman–Crippen MR) is 329 cm³/mol. The molecule has 382 valence electrons. The van der Waals surface area contributed by atoms with Gasteiger partial charge < -0.3 is 9.13 Å². The lowest BCUT2D eigenvalue weighted by atomic mass is 9.61. The maximum Gasteiger partial charge on any atom is 0.160 e. The van der Waals surface area contributed by atoms with Crippen molar-refractivity contribution in [2.45, 2.75) is 11.8 Å². The fourth-order valence-electron chi connectivity index (χ4n) is 13.4. The number of fused-ring (bicyclic) bond motifs is 6. The predicted octanol–water partition coefficient (Wildman–Crippen LogP) is 17.2. The first-order chi connectivity index (χ1) is 40.7. The number of nitrogens with zero attached hydrogens (tertiary/aromatic N) is 8. The summed E-state index contributed by atoms with van der Waals surface area (Å²) in [5.41, 5.74) is 23.7. The Balaban J connectivity index is 0.804. The molecule has 6 heterocycles. The fourth-order valence-corrected chi connectivity index (χ4v) is 13.4. The maximum atomic E-state index is 5.52. The average Bonchev–Trinajstić information content (AvgIpc) is 1.68. The van der Waals surface area contributed by atoms with E-state index in [0.717, 1.165) is 111 Å². The number of rotatable bonds is 8. The second-order valence-corrected chi connectivity index (χ2v) is 21.4. The van der Waals surface area contributed by atoms with Crippen molar-refractivity contribution in [3.63, 3.8) is 0 Å². The van der Waals surface area contributed by atoms with Gasteiger partial charge in [-0.05, 0) is 94.0 Å². The molecule has 0 amide bonds. The van der Waals surface area contributed by atoms with Gasteiger partial charge >= 0.3 is 0 Å². The molecule has 3 aliphatic rings. The minimum Gasteiger partial charge on any atom is -0.308 e. The minimum atomic E-state index is -0.0112. The Morgan fingerprint density at radius 1 is 0.268 bits per heavy atom. The van der Waals surface area contributed by atoms with E-state index in [-0.39, 0.29) is 11.8 Å². The second-order valence-electron chi connectivity index (χ2n) is 21.4. The van der Waals surface area contributed by atoms with Crippen molar-refractivity contribution >= 4 is 43.6 Å². The van der Waals surface area contributed by atoms with Crippen molar-refractivity contribution < 1.29 is 0 Å². The van der Waals surface area contributed by atoms with E-state index < -0.39 is 0 Å². The number of para-hydroxylation sites is 4. The van der Waals surface area contributed by atoms with Crippen LogP contribution >= 0.6 is 0 Å². The number of aromatic nitrogens is 8. The molecular formula is C74H46N8. The van der Waals surface area contributed by atoms with Crippen LogP contribution in [-0.2, 0) is 0 Å². The SMILES string of the molecule is c1ccc(-c2cc(-c3ccccc3-n3c4ccccc4c4cnccc43)nc(-c3ccc4c(c3)C3c5ccccc5C4c4cc(-c5nc(-c6ccccc6)cc(-c6ccccc6-n6c7ccccc7c7cnccc76)n5)ccc43)n2)cc1. The summed E-state index contributed by atoms with van der Waals surface area (Å²) >= 11 is 0. The zero-order valence-corrected chi connectivity index (χ0v) is 44.1. The van der Waals surface area contributed by atoms with Gasteiger partial charge in [0.25, 0.3) is 0 Å². The molecule has 0 fully saturated rings. The van der Waals surface area contributed by atoms with E-state index in [2.05, 4.69) is 262 Å². The van der Waals surface area contributed by atoms with Crippen LogP contribution in [0.25, 0.3) is 123 Å². The van der Waals surface area contributed by atoms with E-state index >= 15 is 0 Å².